The molecule has 1 atom stereocenters. The first-order chi connectivity index (χ1) is 20.7. The highest BCUT2D eigenvalue weighted by atomic mass is 16.4. The maximum Gasteiger partial charge on any atom is 0.335 e. The van der Waals surface area contributed by atoms with E-state index >= 15 is 0 Å². The summed E-state index contributed by atoms with van der Waals surface area (Å²) < 4.78 is 1.35. The van der Waals surface area contributed by atoms with Gasteiger partial charge < -0.3 is 26.8 Å². The van der Waals surface area contributed by atoms with E-state index in [0.29, 0.717) is 18.5 Å². The van der Waals surface area contributed by atoms with Crippen molar-refractivity contribution in [2.45, 2.75) is 32.0 Å². The van der Waals surface area contributed by atoms with Gasteiger partial charge in [-0.3, -0.25) is 19.2 Å². The summed E-state index contributed by atoms with van der Waals surface area (Å²) in [4.78, 5) is 65.1. The number of hydrogen-bond donors (Lipinski definition) is 5. The zero-order chi connectivity index (χ0) is 30.2. The Morgan fingerprint density at radius 1 is 0.977 bits per heavy atom. The van der Waals surface area contributed by atoms with Crippen LogP contribution in [0, 0.1) is 0 Å². The van der Waals surface area contributed by atoms with E-state index in [9.17, 15) is 29.1 Å². The number of aryl methyl sites for hydroxylation is 1. The molecule has 0 saturated carbocycles. The fraction of sp³-hybridized carbons (Fsp3) is 0.167. The largest absolute Gasteiger partial charge is 0.478 e. The number of hydrogen-bond acceptors (Lipinski definition) is 9. The maximum absolute atomic E-state index is 13.3. The molecule has 2 heterocycles. The Balaban J connectivity index is 1.14. The predicted molar refractivity (Wildman–Crippen MR) is 156 cm³/mol. The minimum atomic E-state index is -1.01. The summed E-state index contributed by atoms with van der Waals surface area (Å²) in [7, 11) is 0. The number of carboxylic acids is 1. The Hall–Kier alpha value is -5.85. The minimum absolute atomic E-state index is 0.0411. The van der Waals surface area contributed by atoms with Crippen molar-refractivity contribution in [1.82, 2.24) is 25.2 Å². The molecule has 3 aromatic carbocycles. The Morgan fingerprint density at radius 3 is 2.53 bits per heavy atom. The Bertz CT molecular complexity index is 2010. The highest BCUT2D eigenvalue weighted by Gasteiger charge is 2.27. The second-order valence-corrected chi connectivity index (χ2v) is 10.2. The lowest BCUT2D eigenvalue weighted by molar-refractivity contribution is 0.0696. The molecule has 5 aromatic rings. The fourth-order valence-electron chi connectivity index (χ4n) is 5.22. The van der Waals surface area contributed by atoms with Gasteiger partial charge in [0.25, 0.3) is 22.7 Å². The van der Waals surface area contributed by atoms with Crippen molar-refractivity contribution >= 4 is 34.8 Å². The van der Waals surface area contributed by atoms with Crippen LogP contribution in [0.5, 0.6) is 0 Å². The number of nitrogen functional groups attached to an aromatic ring is 1. The Kier molecular flexibility index (Phi) is 6.90. The lowest BCUT2D eigenvalue weighted by atomic mass is 10.0. The zero-order valence-electron chi connectivity index (χ0n) is 22.6. The third kappa shape index (κ3) is 5.19. The minimum Gasteiger partial charge on any atom is -0.478 e. The van der Waals surface area contributed by atoms with Crippen LogP contribution in [0.3, 0.4) is 0 Å². The quantitative estimate of drug-likeness (QED) is 0.160. The second-order valence-electron chi connectivity index (χ2n) is 10.2. The van der Waals surface area contributed by atoms with Gasteiger partial charge in [-0.15, -0.1) is 0 Å². The summed E-state index contributed by atoms with van der Waals surface area (Å²) in [6, 6.07) is 14.8. The monoisotopic (exact) mass is 579 g/mol. The molecule has 0 fully saturated rings. The van der Waals surface area contributed by atoms with E-state index in [2.05, 4.69) is 26.0 Å². The molecule has 216 valence electrons. The van der Waals surface area contributed by atoms with Crippen LogP contribution in [0.1, 0.15) is 66.1 Å². The van der Waals surface area contributed by atoms with Crippen molar-refractivity contribution in [3.63, 3.8) is 0 Å². The molecule has 0 aliphatic heterocycles. The first-order valence-corrected chi connectivity index (χ1v) is 13.4. The van der Waals surface area contributed by atoms with Gasteiger partial charge in [-0.2, -0.15) is 5.10 Å². The van der Waals surface area contributed by atoms with E-state index in [0.717, 1.165) is 22.3 Å². The molecule has 0 bridgehead atoms. The number of anilines is 2. The van der Waals surface area contributed by atoms with Gasteiger partial charge in [0.1, 0.15) is 22.8 Å². The number of rotatable bonds is 9. The van der Waals surface area contributed by atoms with Crippen LogP contribution in [0.15, 0.2) is 70.4 Å². The summed E-state index contributed by atoms with van der Waals surface area (Å²) in [5.41, 5.74) is 8.25. The summed E-state index contributed by atoms with van der Waals surface area (Å²) in [6.45, 7) is 0.429. The van der Waals surface area contributed by atoms with E-state index in [-0.39, 0.29) is 47.5 Å². The first kappa shape index (κ1) is 27.3. The zero-order valence-corrected chi connectivity index (χ0v) is 22.6. The summed E-state index contributed by atoms with van der Waals surface area (Å²) in [5.74, 6) is -1.95. The Morgan fingerprint density at radius 2 is 1.77 bits per heavy atom. The van der Waals surface area contributed by atoms with Crippen LogP contribution in [0.2, 0.25) is 0 Å². The maximum atomic E-state index is 13.3. The molecule has 1 aliphatic rings. The van der Waals surface area contributed by atoms with Crippen molar-refractivity contribution in [3.8, 4) is 0 Å². The number of benzene rings is 2. The average Bonchev–Trinajstić information content (AvgIpc) is 3.66. The lowest BCUT2D eigenvalue weighted by Gasteiger charge is -2.15. The van der Waals surface area contributed by atoms with Crippen LogP contribution in [0.4, 0.5) is 11.4 Å². The number of aromatic nitrogens is 3. The smallest absolute Gasteiger partial charge is 0.335 e. The SMILES string of the molecule is Nc1c(NCc2cccc(CNC(=O)c3cc(C(=O)N[C@H]4CCc5cc(C(=O)O)ccc54)nc4ccnn34)c2)c(=O)c1=O. The fourth-order valence-corrected chi connectivity index (χ4v) is 5.22. The third-order valence-corrected chi connectivity index (χ3v) is 7.46. The van der Waals surface area contributed by atoms with Crippen molar-refractivity contribution in [2.24, 2.45) is 0 Å². The average molecular weight is 580 g/mol. The van der Waals surface area contributed by atoms with Crippen LogP contribution >= 0.6 is 0 Å². The lowest BCUT2D eigenvalue weighted by Crippen LogP contribution is -2.36. The molecule has 43 heavy (non-hydrogen) atoms. The van der Waals surface area contributed by atoms with Gasteiger partial charge in [0.05, 0.1) is 17.8 Å². The predicted octanol–water partition coefficient (Wildman–Crippen LogP) is 1.57. The number of carbonyl (C=O) groups is 3. The summed E-state index contributed by atoms with van der Waals surface area (Å²) in [5, 5.41) is 22.1. The number of nitrogens with one attached hydrogen (secondary N) is 3. The molecule has 13 heteroatoms. The van der Waals surface area contributed by atoms with Gasteiger partial charge in [0.15, 0.2) is 5.65 Å². The molecule has 2 aromatic heterocycles. The van der Waals surface area contributed by atoms with E-state index in [1.165, 1.54) is 22.8 Å². The molecule has 6 rings (SSSR count). The van der Waals surface area contributed by atoms with Crippen LogP contribution < -0.4 is 32.5 Å². The van der Waals surface area contributed by atoms with E-state index in [4.69, 9.17) is 5.73 Å². The van der Waals surface area contributed by atoms with Gasteiger partial charge in [-0.1, -0.05) is 30.3 Å². The van der Waals surface area contributed by atoms with Gasteiger partial charge in [0.2, 0.25) is 0 Å². The number of carbonyl (C=O) groups excluding carboxylic acids is 2. The number of amides is 2. The highest BCUT2D eigenvalue weighted by Crippen LogP contribution is 2.32. The van der Waals surface area contributed by atoms with Gasteiger partial charge in [-0.25, -0.2) is 14.3 Å². The number of aromatic carboxylic acids is 1. The van der Waals surface area contributed by atoms with Crippen molar-refractivity contribution in [2.75, 3.05) is 11.1 Å². The van der Waals surface area contributed by atoms with Gasteiger partial charge >= 0.3 is 5.97 Å². The molecular weight excluding hydrogens is 554 g/mol. The standard InChI is InChI=1S/C30H25N7O6/c31-24-25(27(39)26(24)38)32-13-15-2-1-3-16(10-15)14-33-29(41)22-12-21(35-23-8-9-34-37(22)23)28(40)36-20-7-5-17-11-18(30(42)43)4-6-19(17)20/h1-4,6,8-12,20,32H,5,7,13-14,31H2,(H,33,41)(H,36,40)(H,42,43)/t20-/m0/s1. The van der Waals surface area contributed by atoms with E-state index in [1.807, 2.05) is 18.2 Å². The number of fused-ring (bicyclic) bond motifs is 2. The normalized spacial score (nSPS) is 14.0. The molecule has 2 amide bonds. The second kappa shape index (κ2) is 10.9. The van der Waals surface area contributed by atoms with Crippen molar-refractivity contribution in [1.29, 1.82) is 0 Å². The molecule has 0 radical (unpaired) electrons. The van der Waals surface area contributed by atoms with E-state index in [1.54, 1.807) is 24.3 Å². The van der Waals surface area contributed by atoms with Gasteiger partial charge in [-0.05, 0) is 47.2 Å². The molecular formula is C30H25N7O6. The topological polar surface area (TPSA) is 198 Å². The molecule has 0 unspecified atom stereocenters. The number of nitrogens with zero attached hydrogens (tertiary/aromatic N) is 3. The highest BCUT2D eigenvalue weighted by molar-refractivity contribution is 5.98. The van der Waals surface area contributed by atoms with Crippen LogP contribution in [-0.4, -0.2) is 37.5 Å². The summed E-state index contributed by atoms with van der Waals surface area (Å²) >= 11 is 0. The Labute approximate surface area is 243 Å². The number of carboxylic acid groups (broad SMARTS) is 1. The van der Waals surface area contributed by atoms with Crippen LogP contribution in [-0.2, 0) is 19.5 Å². The summed E-state index contributed by atoms with van der Waals surface area (Å²) in [6.07, 6.45) is 2.72. The third-order valence-electron chi connectivity index (χ3n) is 7.46. The molecule has 6 N–H and O–H groups in total. The number of nitrogens with two attached hydrogens (primary N) is 1. The van der Waals surface area contributed by atoms with Crippen LogP contribution in [0.25, 0.3) is 5.65 Å². The van der Waals surface area contributed by atoms with Crippen molar-refractivity contribution < 1.29 is 19.5 Å². The molecule has 0 spiro atoms. The van der Waals surface area contributed by atoms with Gasteiger partial charge in [0, 0.05) is 25.2 Å². The molecule has 1 aliphatic carbocycles. The van der Waals surface area contributed by atoms with E-state index < -0.39 is 28.6 Å². The van der Waals surface area contributed by atoms with Crippen molar-refractivity contribution in [3.05, 3.63) is 120 Å². The first-order valence-electron chi connectivity index (χ1n) is 13.4. The molecule has 0 saturated heterocycles. The molecule has 13 nitrogen and oxygen atoms in total.